The van der Waals surface area contributed by atoms with Crippen molar-refractivity contribution in [2.45, 2.75) is 13.3 Å². The minimum absolute atomic E-state index is 0.0789. The molecule has 0 heterocycles. The molecule has 0 aliphatic carbocycles. The normalized spacial score (nSPS) is 9.31. The third-order valence-corrected chi connectivity index (χ3v) is 2.02. The van der Waals surface area contributed by atoms with Crippen LogP contribution >= 0.6 is 11.6 Å². The van der Waals surface area contributed by atoms with E-state index < -0.39 is 0 Å². The summed E-state index contributed by atoms with van der Waals surface area (Å²) in [7, 11) is 0. The average Bonchev–Trinajstić information content (AvgIpc) is 2.08. The van der Waals surface area contributed by atoms with Crippen LogP contribution in [-0.4, -0.2) is 5.78 Å². The molecule has 1 aromatic carbocycles. The molecular weight excluding hydrogens is 186 g/mol. The van der Waals surface area contributed by atoms with E-state index in [2.05, 4.69) is 0 Å². The van der Waals surface area contributed by atoms with Gasteiger partial charge in [0, 0.05) is 5.56 Å². The molecule has 0 fully saturated rings. The second kappa shape index (κ2) is 4.06. The second-order valence-corrected chi connectivity index (χ2v) is 3.11. The third kappa shape index (κ3) is 2.30. The van der Waals surface area contributed by atoms with Crippen molar-refractivity contribution in [2.24, 2.45) is 0 Å². The van der Waals surface area contributed by atoms with Crippen LogP contribution in [0.5, 0.6) is 0 Å². The maximum absolute atomic E-state index is 11.1. The van der Waals surface area contributed by atoms with Crippen LogP contribution in [0.15, 0.2) is 18.2 Å². The van der Waals surface area contributed by atoms with Crippen LogP contribution < -0.4 is 0 Å². The standard InChI is InChI=1S/C10H8ClNO/c1-7(13)9-6-8(4-5-12)2-3-10(9)11/h2-3,6H,4H2,1H3. The van der Waals surface area contributed by atoms with Gasteiger partial charge in [-0.2, -0.15) is 5.26 Å². The number of Topliss-reactive ketones (excluding diaryl/α,β-unsaturated/α-hetero) is 1. The molecule has 1 rings (SSSR count). The number of carbonyl (C=O) groups is 1. The first kappa shape index (κ1) is 9.76. The van der Waals surface area contributed by atoms with Crippen molar-refractivity contribution >= 4 is 17.4 Å². The zero-order valence-corrected chi connectivity index (χ0v) is 7.93. The summed E-state index contributed by atoms with van der Waals surface area (Å²) in [4.78, 5) is 11.1. The fourth-order valence-corrected chi connectivity index (χ4v) is 1.29. The second-order valence-electron chi connectivity index (χ2n) is 2.71. The van der Waals surface area contributed by atoms with Gasteiger partial charge in [0.05, 0.1) is 17.5 Å². The Morgan fingerprint density at radius 1 is 1.62 bits per heavy atom. The van der Waals surface area contributed by atoms with Gasteiger partial charge in [-0.3, -0.25) is 4.79 Å². The molecule has 2 nitrogen and oxygen atoms in total. The van der Waals surface area contributed by atoms with Crippen molar-refractivity contribution < 1.29 is 4.79 Å². The van der Waals surface area contributed by atoms with Crippen LogP contribution in [0.1, 0.15) is 22.8 Å². The molecule has 0 aliphatic heterocycles. The SMILES string of the molecule is CC(=O)c1cc(CC#N)ccc1Cl. The Morgan fingerprint density at radius 2 is 2.31 bits per heavy atom. The Morgan fingerprint density at radius 3 is 2.85 bits per heavy atom. The van der Waals surface area contributed by atoms with Crippen LogP contribution in [0.25, 0.3) is 0 Å². The van der Waals surface area contributed by atoms with Gasteiger partial charge in [0.25, 0.3) is 0 Å². The Balaban J connectivity index is 3.13. The molecule has 3 heteroatoms. The Kier molecular flexibility index (Phi) is 3.05. The molecular formula is C10H8ClNO. The Labute approximate surface area is 81.7 Å². The summed E-state index contributed by atoms with van der Waals surface area (Å²) in [5, 5.41) is 8.89. The van der Waals surface area contributed by atoms with E-state index in [1.807, 2.05) is 6.07 Å². The van der Waals surface area contributed by atoms with Crippen molar-refractivity contribution in [3.05, 3.63) is 34.3 Å². The first-order chi connectivity index (χ1) is 6.15. The molecule has 0 bridgehead atoms. The van der Waals surface area contributed by atoms with Crippen LogP contribution in [0.4, 0.5) is 0 Å². The fraction of sp³-hybridized carbons (Fsp3) is 0.200. The topological polar surface area (TPSA) is 40.9 Å². The molecule has 0 aromatic heterocycles. The van der Waals surface area contributed by atoms with Gasteiger partial charge in [0.15, 0.2) is 5.78 Å². The lowest BCUT2D eigenvalue weighted by Crippen LogP contribution is -1.95. The van der Waals surface area contributed by atoms with Gasteiger partial charge in [-0.05, 0) is 24.6 Å². The predicted molar refractivity (Wildman–Crippen MR) is 50.8 cm³/mol. The van der Waals surface area contributed by atoms with E-state index in [1.165, 1.54) is 6.92 Å². The molecule has 0 unspecified atom stereocenters. The summed E-state index contributed by atoms with van der Waals surface area (Å²) in [6.45, 7) is 1.46. The number of hydrogen-bond acceptors (Lipinski definition) is 2. The van der Waals surface area contributed by atoms with Crippen LogP contribution in [0.3, 0.4) is 0 Å². The van der Waals surface area contributed by atoms with Gasteiger partial charge < -0.3 is 0 Å². The fourth-order valence-electron chi connectivity index (χ4n) is 1.04. The minimum Gasteiger partial charge on any atom is -0.294 e. The van der Waals surface area contributed by atoms with Gasteiger partial charge in [-0.1, -0.05) is 17.7 Å². The Bertz CT molecular complexity index is 379. The molecule has 0 saturated carbocycles. The van der Waals surface area contributed by atoms with Crippen molar-refractivity contribution in [3.8, 4) is 6.07 Å². The van der Waals surface area contributed by atoms with E-state index in [1.54, 1.807) is 18.2 Å². The lowest BCUT2D eigenvalue weighted by molar-refractivity contribution is 0.101. The van der Waals surface area contributed by atoms with Gasteiger partial charge in [-0.25, -0.2) is 0 Å². The number of carbonyl (C=O) groups excluding carboxylic acids is 1. The summed E-state index contributed by atoms with van der Waals surface area (Å²) >= 11 is 5.79. The van der Waals surface area contributed by atoms with E-state index in [0.29, 0.717) is 17.0 Å². The number of benzene rings is 1. The lowest BCUT2D eigenvalue weighted by Gasteiger charge is -2.01. The van der Waals surface area contributed by atoms with Crippen molar-refractivity contribution in [3.63, 3.8) is 0 Å². The summed E-state index contributed by atoms with van der Waals surface area (Å²) in [5.74, 6) is -0.0789. The molecule has 0 amide bonds. The van der Waals surface area contributed by atoms with Gasteiger partial charge in [0.1, 0.15) is 0 Å². The van der Waals surface area contributed by atoms with Gasteiger partial charge in [-0.15, -0.1) is 0 Å². The number of nitriles is 1. The molecule has 66 valence electrons. The number of nitrogens with zero attached hydrogens (tertiary/aromatic N) is 1. The molecule has 0 saturated heterocycles. The van der Waals surface area contributed by atoms with Crippen molar-refractivity contribution in [1.29, 1.82) is 5.26 Å². The molecule has 0 atom stereocenters. The van der Waals surface area contributed by atoms with Crippen LogP contribution in [0, 0.1) is 11.3 Å². The first-order valence-electron chi connectivity index (χ1n) is 3.81. The summed E-state index contributed by atoms with van der Waals surface area (Å²) < 4.78 is 0. The number of ketones is 1. The van der Waals surface area contributed by atoms with E-state index in [9.17, 15) is 4.79 Å². The highest BCUT2D eigenvalue weighted by Gasteiger charge is 2.05. The quantitative estimate of drug-likeness (QED) is 0.678. The summed E-state index contributed by atoms with van der Waals surface area (Å²) in [6, 6.07) is 7.07. The highest BCUT2D eigenvalue weighted by atomic mass is 35.5. The maximum atomic E-state index is 11.1. The van der Waals surface area contributed by atoms with Gasteiger partial charge in [0.2, 0.25) is 0 Å². The van der Waals surface area contributed by atoms with E-state index >= 15 is 0 Å². The minimum atomic E-state index is -0.0789. The van der Waals surface area contributed by atoms with Crippen LogP contribution in [-0.2, 0) is 6.42 Å². The van der Waals surface area contributed by atoms with E-state index in [4.69, 9.17) is 16.9 Å². The molecule has 0 N–H and O–H groups in total. The predicted octanol–water partition coefficient (Wildman–Crippen LogP) is 2.61. The number of hydrogen-bond donors (Lipinski definition) is 0. The first-order valence-corrected chi connectivity index (χ1v) is 4.19. The highest BCUT2D eigenvalue weighted by molar-refractivity contribution is 6.33. The number of rotatable bonds is 2. The third-order valence-electron chi connectivity index (χ3n) is 1.69. The average molecular weight is 194 g/mol. The lowest BCUT2D eigenvalue weighted by atomic mass is 10.1. The monoisotopic (exact) mass is 193 g/mol. The number of halogens is 1. The smallest absolute Gasteiger partial charge is 0.161 e. The molecule has 0 aliphatic rings. The van der Waals surface area contributed by atoms with Crippen molar-refractivity contribution in [2.75, 3.05) is 0 Å². The molecule has 13 heavy (non-hydrogen) atoms. The molecule has 1 aromatic rings. The zero-order valence-electron chi connectivity index (χ0n) is 7.17. The van der Waals surface area contributed by atoms with Crippen LogP contribution in [0.2, 0.25) is 5.02 Å². The largest absolute Gasteiger partial charge is 0.294 e. The van der Waals surface area contributed by atoms with E-state index in [-0.39, 0.29) is 5.78 Å². The highest BCUT2D eigenvalue weighted by Crippen LogP contribution is 2.18. The van der Waals surface area contributed by atoms with E-state index in [0.717, 1.165) is 5.56 Å². The maximum Gasteiger partial charge on any atom is 0.161 e. The van der Waals surface area contributed by atoms with Gasteiger partial charge >= 0.3 is 0 Å². The molecule has 0 radical (unpaired) electrons. The van der Waals surface area contributed by atoms with Crippen molar-refractivity contribution in [1.82, 2.24) is 0 Å². The molecule has 0 spiro atoms. The zero-order chi connectivity index (χ0) is 9.84. The Hall–Kier alpha value is -1.33. The summed E-state index contributed by atoms with van der Waals surface area (Å²) in [6.07, 6.45) is 0.303. The summed E-state index contributed by atoms with van der Waals surface area (Å²) in [5.41, 5.74) is 1.30.